The normalized spacial score (nSPS) is 12.3. The molecule has 1 aromatic heterocycles. The Morgan fingerprint density at radius 3 is 2.56 bits per heavy atom. The van der Waals surface area contributed by atoms with E-state index in [0.717, 1.165) is 5.56 Å². The number of nitrogens with zero attached hydrogens (tertiary/aromatic N) is 2. The molecule has 140 valence electrons. The number of aryl methyl sites for hydroxylation is 1. The van der Waals surface area contributed by atoms with Gasteiger partial charge < -0.3 is 5.32 Å². The summed E-state index contributed by atoms with van der Waals surface area (Å²) in [4.78, 5) is 24.4. The topological polar surface area (TPSA) is 64.0 Å². The van der Waals surface area contributed by atoms with Crippen molar-refractivity contribution < 1.29 is 9.18 Å². The number of aromatic nitrogens is 2. The number of carbonyl (C=O) groups excluding carboxylic acids is 1. The van der Waals surface area contributed by atoms with E-state index in [4.69, 9.17) is 0 Å². The van der Waals surface area contributed by atoms with Gasteiger partial charge in [-0.1, -0.05) is 38.1 Å². The Morgan fingerprint density at radius 2 is 1.85 bits per heavy atom. The Bertz CT molecular complexity index is 996. The number of benzene rings is 2. The minimum atomic E-state index is -0.302. The van der Waals surface area contributed by atoms with Crippen LogP contribution < -0.4 is 10.7 Å². The molecule has 0 aliphatic rings. The van der Waals surface area contributed by atoms with Gasteiger partial charge in [0.1, 0.15) is 5.82 Å². The van der Waals surface area contributed by atoms with Gasteiger partial charge in [-0.2, -0.15) is 5.10 Å². The van der Waals surface area contributed by atoms with Crippen LogP contribution in [0.4, 0.5) is 4.39 Å². The molecule has 0 spiro atoms. The predicted molar refractivity (Wildman–Crippen MR) is 103 cm³/mol. The van der Waals surface area contributed by atoms with Gasteiger partial charge in [-0.3, -0.25) is 14.3 Å². The minimum absolute atomic E-state index is 0.123. The third-order valence-corrected chi connectivity index (χ3v) is 4.52. The third kappa shape index (κ3) is 4.39. The highest BCUT2D eigenvalue weighted by Gasteiger charge is 2.18. The maximum atomic E-state index is 13.2. The first kappa shape index (κ1) is 18.8. The lowest BCUT2D eigenvalue weighted by Crippen LogP contribution is -2.32. The molecule has 3 rings (SSSR count). The fraction of sp³-hybridized carbons (Fsp3) is 0.286. The average Bonchev–Trinajstić information content (AvgIpc) is 2.66. The van der Waals surface area contributed by atoms with Crippen LogP contribution in [0.15, 0.2) is 59.5 Å². The lowest BCUT2D eigenvalue weighted by atomic mass is 9.96. The predicted octanol–water partition coefficient (Wildman–Crippen LogP) is 3.44. The van der Waals surface area contributed by atoms with Crippen molar-refractivity contribution in [1.29, 1.82) is 0 Å². The SMILES string of the molecule is CC(C)C(NC(=O)CCn1ncc(=O)c2ccccc21)c1ccc(F)cc1. The first-order valence-electron chi connectivity index (χ1n) is 8.95. The number of para-hydroxylation sites is 1. The van der Waals surface area contributed by atoms with E-state index in [9.17, 15) is 14.0 Å². The lowest BCUT2D eigenvalue weighted by molar-refractivity contribution is -0.122. The Balaban J connectivity index is 1.71. The number of carbonyl (C=O) groups is 1. The lowest BCUT2D eigenvalue weighted by Gasteiger charge is -2.23. The van der Waals surface area contributed by atoms with Crippen LogP contribution in [0.1, 0.15) is 31.9 Å². The van der Waals surface area contributed by atoms with Gasteiger partial charge >= 0.3 is 0 Å². The summed E-state index contributed by atoms with van der Waals surface area (Å²) in [5.74, 6) is -0.267. The number of rotatable bonds is 6. The molecule has 1 N–H and O–H groups in total. The van der Waals surface area contributed by atoms with Crippen molar-refractivity contribution in [1.82, 2.24) is 15.1 Å². The van der Waals surface area contributed by atoms with E-state index in [0.29, 0.717) is 17.4 Å². The molecule has 3 aromatic rings. The van der Waals surface area contributed by atoms with E-state index in [2.05, 4.69) is 10.4 Å². The van der Waals surface area contributed by atoms with Gasteiger partial charge in [0.05, 0.1) is 24.3 Å². The summed E-state index contributed by atoms with van der Waals surface area (Å²) in [5, 5.41) is 7.74. The molecule has 0 aliphatic heterocycles. The van der Waals surface area contributed by atoms with E-state index < -0.39 is 0 Å². The molecule has 6 heteroatoms. The molecule has 1 heterocycles. The van der Waals surface area contributed by atoms with Crippen molar-refractivity contribution in [3.63, 3.8) is 0 Å². The molecule has 0 radical (unpaired) electrons. The number of halogens is 1. The van der Waals surface area contributed by atoms with Crippen LogP contribution >= 0.6 is 0 Å². The highest BCUT2D eigenvalue weighted by atomic mass is 19.1. The van der Waals surface area contributed by atoms with E-state index in [-0.39, 0.29) is 35.5 Å². The number of amides is 1. The van der Waals surface area contributed by atoms with Crippen LogP contribution in [0.25, 0.3) is 10.9 Å². The van der Waals surface area contributed by atoms with Gasteiger partial charge in [0.15, 0.2) is 0 Å². The van der Waals surface area contributed by atoms with Crippen molar-refractivity contribution in [2.75, 3.05) is 0 Å². The Kier molecular flexibility index (Phi) is 5.64. The van der Waals surface area contributed by atoms with Crippen molar-refractivity contribution >= 4 is 16.8 Å². The molecule has 2 aromatic carbocycles. The average molecular weight is 367 g/mol. The second-order valence-electron chi connectivity index (χ2n) is 6.84. The maximum Gasteiger partial charge on any atom is 0.222 e. The van der Waals surface area contributed by atoms with Crippen LogP contribution in [-0.4, -0.2) is 15.7 Å². The van der Waals surface area contributed by atoms with Crippen molar-refractivity contribution in [2.24, 2.45) is 5.92 Å². The fourth-order valence-corrected chi connectivity index (χ4v) is 3.10. The zero-order valence-corrected chi connectivity index (χ0v) is 15.4. The van der Waals surface area contributed by atoms with Gasteiger partial charge in [-0.25, -0.2) is 4.39 Å². The molecule has 0 fully saturated rings. The van der Waals surface area contributed by atoms with Gasteiger partial charge in [0.2, 0.25) is 11.3 Å². The number of fused-ring (bicyclic) bond motifs is 1. The van der Waals surface area contributed by atoms with Gasteiger partial charge in [0, 0.05) is 11.8 Å². The highest BCUT2D eigenvalue weighted by molar-refractivity contribution is 5.79. The summed E-state index contributed by atoms with van der Waals surface area (Å²) >= 11 is 0. The van der Waals surface area contributed by atoms with Crippen LogP contribution in [0.2, 0.25) is 0 Å². The molecule has 0 saturated carbocycles. The number of hydrogen-bond acceptors (Lipinski definition) is 3. The van der Waals surface area contributed by atoms with Gasteiger partial charge in [0.25, 0.3) is 0 Å². The molecule has 1 unspecified atom stereocenters. The Labute approximate surface area is 156 Å². The first-order valence-corrected chi connectivity index (χ1v) is 8.95. The van der Waals surface area contributed by atoms with E-state index >= 15 is 0 Å². The molecule has 0 aliphatic carbocycles. The van der Waals surface area contributed by atoms with Gasteiger partial charge in [-0.15, -0.1) is 0 Å². The maximum absolute atomic E-state index is 13.2. The van der Waals surface area contributed by atoms with Crippen molar-refractivity contribution in [3.8, 4) is 0 Å². The largest absolute Gasteiger partial charge is 0.349 e. The van der Waals surface area contributed by atoms with E-state index in [1.54, 1.807) is 28.9 Å². The summed E-state index contributed by atoms with van der Waals surface area (Å²) in [7, 11) is 0. The van der Waals surface area contributed by atoms with E-state index in [1.165, 1.54) is 18.3 Å². The zero-order valence-electron chi connectivity index (χ0n) is 15.4. The quantitative estimate of drug-likeness (QED) is 0.726. The second kappa shape index (κ2) is 8.12. The molecular formula is C21H22FN3O2. The summed E-state index contributed by atoms with van der Waals surface area (Å²) in [6, 6.07) is 13.2. The Morgan fingerprint density at radius 1 is 1.15 bits per heavy atom. The van der Waals surface area contributed by atoms with Crippen molar-refractivity contribution in [2.45, 2.75) is 32.9 Å². The monoisotopic (exact) mass is 367 g/mol. The van der Waals surface area contributed by atoms with Crippen molar-refractivity contribution in [3.05, 3.63) is 76.3 Å². The molecule has 1 amide bonds. The summed E-state index contributed by atoms with van der Waals surface area (Å²) in [6.07, 6.45) is 1.50. The van der Waals surface area contributed by atoms with Crippen LogP contribution in [0.3, 0.4) is 0 Å². The standard InChI is InChI=1S/C21H22FN3O2/c1-14(2)21(15-7-9-16(22)10-8-15)24-20(27)11-12-25-18-6-4-3-5-17(18)19(26)13-23-25/h3-10,13-14,21H,11-12H2,1-2H3,(H,24,27). The molecular weight excluding hydrogens is 345 g/mol. The van der Waals surface area contributed by atoms with E-state index in [1.807, 2.05) is 26.0 Å². The molecule has 0 saturated heterocycles. The molecule has 5 nitrogen and oxygen atoms in total. The van der Waals surface area contributed by atoms with Crippen LogP contribution in [0.5, 0.6) is 0 Å². The van der Waals surface area contributed by atoms with Gasteiger partial charge in [-0.05, 0) is 35.7 Å². The summed E-state index contributed by atoms with van der Waals surface area (Å²) < 4.78 is 14.8. The van der Waals surface area contributed by atoms with Crippen LogP contribution in [-0.2, 0) is 11.3 Å². The van der Waals surface area contributed by atoms with Crippen LogP contribution in [0, 0.1) is 11.7 Å². The highest BCUT2D eigenvalue weighted by Crippen LogP contribution is 2.22. The summed E-state index contributed by atoms with van der Waals surface area (Å²) in [5.41, 5.74) is 1.44. The second-order valence-corrected chi connectivity index (χ2v) is 6.84. The Hall–Kier alpha value is -3.02. The number of hydrogen-bond donors (Lipinski definition) is 1. The fourth-order valence-electron chi connectivity index (χ4n) is 3.10. The first-order chi connectivity index (χ1) is 13.0. The molecule has 0 bridgehead atoms. The number of nitrogens with one attached hydrogen (secondary N) is 1. The molecule has 27 heavy (non-hydrogen) atoms. The summed E-state index contributed by atoms with van der Waals surface area (Å²) in [6.45, 7) is 4.37. The smallest absolute Gasteiger partial charge is 0.222 e. The minimum Gasteiger partial charge on any atom is -0.349 e. The zero-order chi connectivity index (χ0) is 19.4. The molecule has 1 atom stereocenters. The third-order valence-electron chi connectivity index (χ3n) is 4.52.